The average molecular weight is 286 g/mol. The second kappa shape index (κ2) is 6.49. The van der Waals surface area contributed by atoms with Gasteiger partial charge in [0.2, 0.25) is 6.29 Å². The first-order chi connectivity index (χ1) is 9.56. The maximum atomic E-state index is 9.82. The Kier molecular flexibility index (Phi) is 4.92. The SMILES string of the molecule is OCc1cccc(O[C@@H]2O[C@H](CO)[C@H](O)[C@@H](O)[C@H]2O)c1. The minimum atomic E-state index is -1.48. The molecule has 112 valence electrons. The highest BCUT2D eigenvalue weighted by molar-refractivity contribution is 5.28. The van der Waals surface area contributed by atoms with Crippen LogP contribution in [-0.2, 0) is 11.3 Å². The molecule has 1 heterocycles. The third-order valence-electron chi connectivity index (χ3n) is 3.18. The summed E-state index contributed by atoms with van der Waals surface area (Å²) in [7, 11) is 0. The van der Waals surface area contributed by atoms with Crippen LogP contribution in [-0.4, -0.2) is 62.8 Å². The Labute approximate surface area is 115 Å². The molecular formula is C13H18O7. The van der Waals surface area contributed by atoms with Crippen molar-refractivity contribution >= 4 is 0 Å². The molecule has 5 N–H and O–H groups in total. The van der Waals surface area contributed by atoms with Crippen molar-refractivity contribution in [3.8, 4) is 5.75 Å². The summed E-state index contributed by atoms with van der Waals surface area (Å²) in [5.41, 5.74) is 0.618. The molecule has 0 unspecified atom stereocenters. The van der Waals surface area contributed by atoms with Gasteiger partial charge in [-0.1, -0.05) is 12.1 Å². The Bertz CT molecular complexity index is 436. The fourth-order valence-electron chi connectivity index (χ4n) is 2.02. The Morgan fingerprint density at radius 3 is 2.45 bits per heavy atom. The van der Waals surface area contributed by atoms with Gasteiger partial charge in [0.15, 0.2) is 0 Å². The van der Waals surface area contributed by atoms with Crippen LogP contribution in [0.1, 0.15) is 5.56 Å². The largest absolute Gasteiger partial charge is 0.462 e. The van der Waals surface area contributed by atoms with Gasteiger partial charge in [0.1, 0.15) is 30.2 Å². The lowest BCUT2D eigenvalue weighted by atomic mass is 9.99. The van der Waals surface area contributed by atoms with Crippen molar-refractivity contribution in [2.45, 2.75) is 37.3 Å². The van der Waals surface area contributed by atoms with Gasteiger partial charge in [-0.15, -0.1) is 0 Å². The number of aliphatic hydroxyl groups is 5. The van der Waals surface area contributed by atoms with Gasteiger partial charge in [-0.3, -0.25) is 0 Å². The molecule has 1 aromatic carbocycles. The van der Waals surface area contributed by atoms with Crippen LogP contribution in [0.25, 0.3) is 0 Å². The van der Waals surface area contributed by atoms with E-state index >= 15 is 0 Å². The average Bonchev–Trinajstić information content (AvgIpc) is 2.48. The van der Waals surface area contributed by atoms with E-state index in [0.29, 0.717) is 11.3 Å². The first-order valence-electron chi connectivity index (χ1n) is 6.23. The summed E-state index contributed by atoms with van der Waals surface area (Å²) in [4.78, 5) is 0. The van der Waals surface area contributed by atoms with E-state index in [1.807, 2.05) is 0 Å². The van der Waals surface area contributed by atoms with Crippen LogP contribution < -0.4 is 4.74 Å². The molecule has 0 spiro atoms. The van der Waals surface area contributed by atoms with Crippen molar-refractivity contribution in [1.29, 1.82) is 0 Å². The predicted molar refractivity (Wildman–Crippen MR) is 66.8 cm³/mol. The number of aliphatic hydroxyl groups excluding tert-OH is 5. The molecule has 0 saturated carbocycles. The summed E-state index contributed by atoms with van der Waals surface area (Å²) < 4.78 is 10.6. The molecule has 1 fully saturated rings. The van der Waals surface area contributed by atoms with Gasteiger partial charge in [-0.25, -0.2) is 0 Å². The smallest absolute Gasteiger partial charge is 0.229 e. The van der Waals surface area contributed by atoms with Crippen molar-refractivity contribution < 1.29 is 35.0 Å². The van der Waals surface area contributed by atoms with Gasteiger partial charge in [0, 0.05) is 0 Å². The molecule has 0 amide bonds. The van der Waals surface area contributed by atoms with Gasteiger partial charge in [-0.2, -0.15) is 0 Å². The van der Waals surface area contributed by atoms with Crippen LogP contribution in [0, 0.1) is 0 Å². The summed E-state index contributed by atoms with van der Waals surface area (Å²) in [6.07, 6.45) is -6.59. The second-order valence-electron chi connectivity index (χ2n) is 4.62. The number of hydrogen-bond donors (Lipinski definition) is 5. The maximum absolute atomic E-state index is 9.82. The molecular weight excluding hydrogens is 268 g/mol. The van der Waals surface area contributed by atoms with Crippen molar-refractivity contribution in [2.24, 2.45) is 0 Å². The zero-order chi connectivity index (χ0) is 14.7. The van der Waals surface area contributed by atoms with E-state index in [1.165, 1.54) is 0 Å². The lowest BCUT2D eigenvalue weighted by molar-refractivity contribution is -0.277. The van der Waals surface area contributed by atoms with Crippen molar-refractivity contribution in [2.75, 3.05) is 6.61 Å². The van der Waals surface area contributed by atoms with Crippen LogP contribution in [0.3, 0.4) is 0 Å². The molecule has 0 aliphatic carbocycles. The normalized spacial score (nSPS) is 34.0. The lowest BCUT2D eigenvalue weighted by Gasteiger charge is -2.39. The minimum Gasteiger partial charge on any atom is -0.462 e. The number of benzene rings is 1. The first-order valence-corrected chi connectivity index (χ1v) is 6.23. The van der Waals surface area contributed by atoms with Crippen LogP contribution in [0.2, 0.25) is 0 Å². The number of ether oxygens (including phenoxy) is 2. The summed E-state index contributed by atoms with van der Waals surface area (Å²) in [5.74, 6) is 0.334. The number of rotatable bonds is 4. The molecule has 0 aromatic heterocycles. The van der Waals surface area contributed by atoms with Gasteiger partial charge in [-0.05, 0) is 17.7 Å². The van der Waals surface area contributed by atoms with E-state index < -0.39 is 37.3 Å². The van der Waals surface area contributed by atoms with Crippen LogP contribution in [0.4, 0.5) is 0 Å². The van der Waals surface area contributed by atoms with Gasteiger partial charge >= 0.3 is 0 Å². The van der Waals surface area contributed by atoms with E-state index in [1.54, 1.807) is 24.3 Å². The highest BCUT2D eigenvalue weighted by Crippen LogP contribution is 2.24. The highest BCUT2D eigenvalue weighted by Gasteiger charge is 2.44. The van der Waals surface area contributed by atoms with Crippen molar-refractivity contribution in [1.82, 2.24) is 0 Å². The molecule has 1 aliphatic rings. The van der Waals surface area contributed by atoms with Gasteiger partial charge in [0.05, 0.1) is 13.2 Å². The molecule has 1 aliphatic heterocycles. The standard InChI is InChI=1S/C13H18O7/c14-5-7-2-1-3-8(4-7)19-13-12(18)11(17)10(16)9(6-15)20-13/h1-4,9-18H,5-6H2/t9-,10+,11-,12-,13-/m1/s1. The van der Waals surface area contributed by atoms with Gasteiger partial charge < -0.3 is 35.0 Å². The molecule has 0 bridgehead atoms. The van der Waals surface area contributed by atoms with E-state index in [4.69, 9.17) is 19.7 Å². The third-order valence-corrected chi connectivity index (χ3v) is 3.18. The summed E-state index contributed by atoms with van der Waals surface area (Å²) in [6.45, 7) is -0.673. The topological polar surface area (TPSA) is 120 Å². The Morgan fingerprint density at radius 1 is 1.05 bits per heavy atom. The zero-order valence-corrected chi connectivity index (χ0v) is 10.7. The summed E-state index contributed by atoms with van der Waals surface area (Å²) in [5, 5.41) is 47.2. The van der Waals surface area contributed by atoms with Crippen molar-refractivity contribution in [3.05, 3.63) is 29.8 Å². The van der Waals surface area contributed by atoms with E-state index in [2.05, 4.69) is 0 Å². The highest BCUT2D eigenvalue weighted by atomic mass is 16.7. The second-order valence-corrected chi connectivity index (χ2v) is 4.62. The number of hydrogen-bond acceptors (Lipinski definition) is 7. The molecule has 7 heteroatoms. The Balaban J connectivity index is 2.10. The first kappa shape index (κ1) is 15.2. The Hall–Kier alpha value is -1.22. The lowest BCUT2D eigenvalue weighted by Crippen LogP contribution is -2.60. The monoisotopic (exact) mass is 286 g/mol. The van der Waals surface area contributed by atoms with Crippen LogP contribution in [0.15, 0.2) is 24.3 Å². The minimum absolute atomic E-state index is 0.161. The van der Waals surface area contributed by atoms with Crippen LogP contribution in [0.5, 0.6) is 5.75 Å². The maximum Gasteiger partial charge on any atom is 0.229 e. The predicted octanol–water partition coefficient (Wildman–Crippen LogP) is -1.64. The molecule has 1 saturated heterocycles. The Morgan fingerprint density at radius 2 is 1.80 bits per heavy atom. The quantitative estimate of drug-likeness (QED) is 0.450. The molecule has 5 atom stereocenters. The van der Waals surface area contributed by atoms with E-state index in [-0.39, 0.29) is 6.61 Å². The summed E-state index contributed by atoms with van der Waals surface area (Å²) in [6, 6.07) is 6.51. The fraction of sp³-hybridized carbons (Fsp3) is 0.538. The molecule has 7 nitrogen and oxygen atoms in total. The van der Waals surface area contributed by atoms with E-state index in [0.717, 1.165) is 0 Å². The van der Waals surface area contributed by atoms with Gasteiger partial charge in [0.25, 0.3) is 0 Å². The van der Waals surface area contributed by atoms with Crippen LogP contribution >= 0.6 is 0 Å². The third kappa shape index (κ3) is 3.09. The van der Waals surface area contributed by atoms with Crippen molar-refractivity contribution in [3.63, 3.8) is 0 Å². The fourth-order valence-corrected chi connectivity index (χ4v) is 2.02. The molecule has 0 radical (unpaired) electrons. The zero-order valence-electron chi connectivity index (χ0n) is 10.7. The summed E-state index contributed by atoms with van der Waals surface area (Å²) >= 11 is 0. The molecule has 2 rings (SSSR count). The molecule has 20 heavy (non-hydrogen) atoms. The molecule has 1 aromatic rings. The van der Waals surface area contributed by atoms with E-state index in [9.17, 15) is 15.3 Å².